The number of hydrogen-bond acceptors (Lipinski definition) is 4. The van der Waals surface area contributed by atoms with Gasteiger partial charge in [-0.1, -0.05) is 0 Å². The van der Waals surface area contributed by atoms with Crippen LogP contribution in [0.1, 0.15) is 26.1 Å². The molecule has 5 nitrogen and oxygen atoms in total. The standard InChI is InChI=1S/C12H16N4OS/c1-8-10(5-7-16(8)3)12(17)13-6-4-11-15-14-9(2)18-11/h5,7H,4,6H2,1-3H3,(H,13,17). The van der Waals surface area contributed by atoms with Crippen molar-refractivity contribution in [1.82, 2.24) is 20.1 Å². The molecule has 2 heterocycles. The lowest BCUT2D eigenvalue weighted by Crippen LogP contribution is -2.26. The molecule has 6 heteroatoms. The predicted molar refractivity (Wildman–Crippen MR) is 70.8 cm³/mol. The van der Waals surface area contributed by atoms with Crippen LogP contribution in [-0.4, -0.2) is 27.2 Å². The van der Waals surface area contributed by atoms with Crippen molar-refractivity contribution >= 4 is 17.2 Å². The molecule has 2 rings (SSSR count). The van der Waals surface area contributed by atoms with E-state index in [1.807, 2.05) is 37.7 Å². The Morgan fingerprint density at radius 2 is 2.22 bits per heavy atom. The number of carbonyl (C=O) groups is 1. The Morgan fingerprint density at radius 3 is 2.78 bits per heavy atom. The summed E-state index contributed by atoms with van der Waals surface area (Å²) >= 11 is 1.56. The van der Waals surface area contributed by atoms with E-state index in [-0.39, 0.29) is 5.91 Å². The van der Waals surface area contributed by atoms with E-state index in [4.69, 9.17) is 0 Å². The van der Waals surface area contributed by atoms with Crippen molar-refractivity contribution < 1.29 is 4.79 Å². The van der Waals surface area contributed by atoms with Crippen LogP contribution < -0.4 is 5.32 Å². The molecular weight excluding hydrogens is 248 g/mol. The van der Waals surface area contributed by atoms with Gasteiger partial charge in [0.1, 0.15) is 10.0 Å². The summed E-state index contributed by atoms with van der Waals surface area (Å²) in [5, 5.41) is 12.8. The van der Waals surface area contributed by atoms with Crippen LogP contribution in [0.15, 0.2) is 12.3 Å². The van der Waals surface area contributed by atoms with Crippen LogP contribution in [0.5, 0.6) is 0 Å². The number of aryl methyl sites for hydroxylation is 2. The molecule has 0 atom stereocenters. The van der Waals surface area contributed by atoms with E-state index >= 15 is 0 Å². The molecule has 0 aliphatic heterocycles. The highest BCUT2D eigenvalue weighted by Crippen LogP contribution is 2.09. The van der Waals surface area contributed by atoms with Gasteiger partial charge in [-0.3, -0.25) is 4.79 Å². The third kappa shape index (κ3) is 2.76. The molecule has 0 saturated heterocycles. The number of aromatic nitrogens is 3. The van der Waals surface area contributed by atoms with Gasteiger partial charge in [-0.2, -0.15) is 0 Å². The molecule has 2 aromatic rings. The number of amides is 1. The van der Waals surface area contributed by atoms with Crippen molar-refractivity contribution in [3.8, 4) is 0 Å². The van der Waals surface area contributed by atoms with Crippen LogP contribution in [0.3, 0.4) is 0 Å². The largest absolute Gasteiger partial charge is 0.354 e. The quantitative estimate of drug-likeness (QED) is 0.909. The predicted octanol–water partition coefficient (Wildman–Crippen LogP) is 1.47. The van der Waals surface area contributed by atoms with Crippen molar-refractivity contribution in [2.24, 2.45) is 7.05 Å². The molecule has 0 spiro atoms. The second-order valence-electron chi connectivity index (χ2n) is 4.15. The third-order valence-electron chi connectivity index (χ3n) is 2.82. The first-order valence-corrected chi connectivity index (χ1v) is 6.58. The molecule has 0 fully saturated rings. The zero-order chi connectivity index (χ0) is 13.1. The molecular formula is C12H16N4OS. The minimum absolute atomic E-state index is 0.0330. The van der Waals surface area contributed by atoms with Gasteiger partial charge in [-0.15, -0.1) is 21.5 Å². The Labute approximate surface area is 110 Å². The molecule has 0 aliphatic rings. The van der Waals surface area contributed by atoms with Crippen LogP contribution in [0, 0.1) is 13.8 Å². The average molecular weight is 264 g/mol. The molecule has 0 saturated carbocycles. The summed E-state index contributed by atoms with van der Waals surface area (Å²) in [6, 6.07) is 1.83. The molecule has 0 unspecified atom stereocenters. The van der Waals surface area contributed by atoms with Crippen LogP contribution in [0.25, 0.3) is 0 Å². The molecule has 0 radical (unpaired) electrons. The van der Waals surface area contributed by atoms with Gasteiger partial charge in [0, 0.05) is 31.9 Å². The first-order chi connectivity index (χ1) is 8.58. The summed E-state index contributed by atoms with van der Waals surface area (Å²) in [7, 11) is 1.93. The number of carbonyl (C=O) groups excluding carboxylic acids is 1. The maximum Gasteiger partial charge on any atom is 0.253 e. The summed E-state index contributed by atoms with van der Waals surface area (Å²) < 4.78 is 1.93. The zero-order valence-electron chi connectivity index (χ0n) is 10.7. The first kappa shape index (κ1) is 12.8. The number of nitrogens with zero attached hydrogens (tertiary/aromatic N) is 3. The van der Waals surface area contributed by atoms with Gasteiger partial charge in [0.05, 0.1) is 5.56 Å². The summed E-state index contributed by atoms with van der Waals surface area (Å²) in [5.41, 5.74) is 1.70. The van der Waals surface area contributed by atoms with Crippen LogP contribution in [0.2, 0.25) is 0 Å². The van der Waals surface area contributed by atoms with Gasteiger partial charge < -0.3 is 9.88 Å². The summed E-state index contributed by atoms with van der Waals surface area (Å²) in [6.45, 7) is 4.44. The van der Waals surface area contributed by atoms with Crippen molar-refractivity contribution in [2.45, 2.75) is 20.3 Å². The average Bonchev–Trinajstić information content (AvgIpc) is 2.87. The Morgan fingerprint density at radius 1 is 1.44 bits per heavy atom. The second kappa shape index (κ2) is 5.30. The molecule has 0 aromatic carbocycles. The lowest BCUT2D eigenvalue weighted by molar-refractivity contribution is 0.0953. The lowest BCUT2D eigenvalue weighted by Gasteiger charge is -2.04. The van der Waals surface area contributed by atoms with Crippen LogP contribution in [0.4, 0.5) is 0 Å². The molecule has 18 heavy (non-hydrogen) atoms. The first-order valence-electron chi connectivity index (χ1n) is 5.77. The second-order valence-corrected chi connectivity index (χ2v) is 5.41. The van der Waals surface area contributed by atoms with E-state index in [1.165, 1.54) is 0 Å². The molecule has 0 aliphatic carbocycles. The fourth-order valence-electron chi connectivity index (χ4n) is 1.67. The normalized spacial score (nSPS) is 10.6. The highest BCUT2D eigenvalue weighted by Gasteiger charge is 2.11. The Bertz CT molecular complexity index is 558. The number of rotatable bonds is 4. The van der Waals surface area contributed by atoms with Gasteiger partial charge in [0.25, 0.3) is 5.91 Å². The van der Waals surface area contributed by atoms with Crippen LogP contribution in [-0.2, 0) is 13.5 Å². The summed E-state index contributed by atoms with van der Waals surface area (Å²) in [5.74, 6) is -0.0330. The van der Waals surface area contributed by atoms with Crippen molar-refractivity contribution in [1.29, 1.82) is 0 Å². The molecule has 96 valence electrons. The maximum atomic E-state index is 11.9. The fraction of sp³-hybridized carbons (Fsp3) is 0.417. The third-order valence-corrected chi connectivity index (χ3v) is 3.72. The van der Waals surface area contributed by atoms with Gasteiger partial charge >= 0.3 is 0 Å². The Kier molecular flexibility index (Phi) is 3.76. The number of nitrogens with one attached hydrogen (secondary N) is 1. The Balaban J connectivity index is 1.87. The van der Waals surface area contributed by atoms with E-state index < -0.39 is 0 Å². The summed E-state index contributed by atoms with van der Waals surface area (Å²) in [4.78, 5) is 11.9. The Hall–Kier alpha value is -1.69. The minimum atomic E-state index is -0.0330. The number of hydrogen-bond donors (Lipinski definition) is 1. The summed E-state index contributed by atoms with van der Waals surface area (Å²) in [6.07, 6.45) is 2.61. The molecule has 0 bridgehead atoms. The zero-order valence-corrected chi connectivity index (χ0v) is 11.5. The van der Waals surface area contributed by atoms with Gasteiger partial charge in [-0.25, -0.2) is 0 Å². The topological polar surface area (TPSA) is 59.8 Å². The fourth-order valence-corrected chi connectivity index (χ4v) is 2.37. The SMILES string of the molecule is Cc1nnc(CCNC(=O)c2ccn(C)c2C)s1. The van der Waals surface area contributed by atoms with E-state index in [9.17, 15) is 4.79 Å². The van der Waals surface area contributed by atoms with Gasteiger partial charge in [0.15, 0.2) is 0 Å². The van der Waals surface area contributed by atoms with E-state index in [0.29, 0.717) is 6.54 Å². The van der Waals surface area contributed by atoms with Crippen molar-refractivity contribution in [3.05, 3.63) is 33.5 Å². The highest BCUT2D eigenvalue weighted by atomic mass is 32.1. The van der Waals surface area contributed by atoms with Crippen molar-refractivity contribution in [2.75, 3.05) is 6.54 Å². The monoisotopic (exact) mass is 264 g/mol. The van der Waals surface area contributed by atoms with E-state index in [0.717, 1.165) is 27.7 Å². The lowest BCUT2D eigenvalue weighted by atomic mass is 10.2. The minimum Gasteiger partial charge on any atom is -0.354 e. The maximum absolute atomic E-state index is 11.9. The molecule has 1 N–H and O–H groups in total. The van der Waals surface area contributed by atoms with Crippen molar-refractivity contribution in [3.63, 3.8) is 0 Å². The van der Waals surface area contributed by atoms with Crippen LogP contribution >= 0.6 is 11.3 Å². The molecule has 1 amide bonds. The van der Waals surface area contributed by atoms with Gasteiger partial charge in [-0.05, 0) is 19.9 Å². The van der Waals surface area contributed by atoms with Gasteiger partial charge in [0.2, 0.25) is 0 Å². The van der Waals surface area contributed by atoms with E-state index in [1.54, 1.807) is 11.3 Å². The molecule has 2 aromatic heterocycles. The van der Waals surface area contributed by atoms with E-state index in [2.05, 4.69) is 15.5 Å². The smallest absolute Gasteiger partial charge is 0.253 e. The highest BCUT2D eigenvalue weighted by molar-refractivity contribution is 7.11.